The molecule has 30 heavy (non-hydrogen) atoms. The van der Waals surface area contributed by atoms with Crippen LogP contribution in [-0.4, -0.2) is 41.9 Å². The minimum absolute atomic E-state index is 0.0433. The third-order valence-electron chi connectivity index (χ3n) is 5.44. The van der Waals surface area contributed by atoms with Gasteiger partial charge < -0.3 is 4.90 Å². The van der Waals surface area contributed by atoms with Crippen LogP contribution < -0.4 is 0 Å². The van der Waals surface area contributed by atoms with Crippen molar-refractivity contribution >= 4 is 21.8 Å². The van der Waals surface area contributed by atoms with Crippen LogP contribution in [-0.2, 0) is 0 Å². The summed E-state index contributed by atoms with van der Waals surface area (Å²) in [7, 11) is 0. The summed E-state index contributed by atoms with van der Waals surface area (Å²) < 4.78 is 29.1. The maximum absolute atomic E-state index is 14.0. The fourth-order valence-corrected chi connectivity index (χ4v) is 4.20. The highest BCUT2D eigenvalue weighted by Crippen LogP contribution is 2.30. The molecule has 4 rings (SSSR count). The third kappa shape index (κ3) is 4.30. The first kappa shape index (κ1) is 20.7. The molecule has 6 heteroatoms. The number of hydrogen-bond acceptors (Lipinski definition) is 2. The quantitative estimate of drug-likeness (QED) is 0.518. The second-order valence-corrected chi connectivity index (χ2v) is 8.21. The van der Waals surface area contributed by atoms with Crippen LogP contribution in [0.25, 0.3) is 0 Å². The molecule has 154 valence electrons. The van der Waals surface area contributed by atoms with Crippen LogP contribution >= 0.6 is 15.9 Å². The van der Waals surface area contributed by atoms with Crippen molar-refractivity contribution in [1.29, 1.82) is 0 Å². The summed E-state index contributed by atoms with van der Waals surface area (Å²) in [6.07, 6.45) is 0. The number of amides is 1. The zero-order chi connectivity index (χ0) is 21.1. The van der Waals surface area contributed by atoms with Gasteiger partial charge in [0.1, 0.15) is 17.2 Å². The summed E-state index contributed by atoms with van der Waals surface area (Å²) >= 11 is 3.49. The predicted octanol–water partition coefficient (Wildman–Crippen LogP) is 5.27. The zero-order valence-corrected chi connectivity index (χ0v) is 17.9. The molecule has 1 saturated heterocycles. The number of carbonyl (C=O) groups excluding carboxylic acids is 1. The standard InChI is InChI=1S/C24H21BrF2N2O/c25-19-11-9-18(10-12-19)23(17-5-2-1-3-6-17)28-13-15-29(16-14-28)24(30)22-20(26)7-4-8-21(22)27/h1-12,23H,13-16H2. The van der Waals surface area contributed by atoms with E-state index in [2.05, 4.69) is 45.1 Å². The van der Waals surface area contributed by atoms with Crippen molar-refractivity contribution in [2.45, 2.75) is 6.04 Å². The van der Waals surface area contributed by atoms with Gasteiger partial charge in [-0.2, -0.15) is 0 Å². The summed E-state index contributed by atoms with van der Waals surface area (Å²) in [4.78, 5) is 16.6. The van der Waals surface area contributed by atoms with Crippen molar-refractivity contribution in [3.63, 3.8) is 0 Å². The van der Waals surface area contributed by atoms with Crippen LogP contribution in [0.4, 0.5) is 8.78 Å². The Labute approximate surface area is 183 Å². The predicted molar refractivity (Wildman–Crippen MR) is 116 cm³/mol. The molecule has 0 saturated carbocycles. The highest BCUT2D eigenvalue weighted by atomic mass is 79.9. The Hall–Kier alpha value is -2.57. The molecule has 1 amide bonds. The van der Waals surface area contributed by atoms with Crippen LogP contribution in [0.3, 0.4) is 0 Å². The molecule has 0 aliphatic carbocycles. The Morgan fingerprint density at radius 3 is 1.93 bits per heavy atom. The van der Waals surface area contributed by atoms with Crippen molar-refractivity contribution in [1.82, 2.24) is 9.80 Å². The molecule has 0 spiro atoms. The van der Waals surface area contributed by atoms with Crippen LogP contribution in [0.1, 0.15) is 27.5 Å². The number of halogens is 3. The third-order valence-corrected chi connectivity index (χ3v) is 5.97. The van der Waals surface area contributed by atoms with Crippen LogP contribution in [0.2, 0.25) is 0 Å². The number of carbonyl (C=O) groups is 1. The van der Waals surface area contributed by atoms with E-state index in [9.17, 15) is 13.6 Å². The largest absolute Gasteiger partial charge is 0.336 e. The van der Waals surface area contributed by atoms with Gasteiger partial charge in [0.15, 0.2) is 0 Å². The maximum Gasteiger partial charge on any atom is 0.259 e. The van der Waals surface area contributed by atoms with Crippen molar-refractivity contribution < 1.29 is 13.6 Å². The monoisotopic (exact) mass is 470 g/mol. The number of piperazine rings is 1. The van der Waals surface area contributed by atoms with Gasteiger partial charge in [0.25, 0.3) is 5.91 Å². The summed E-state index contributed by atoms with van der Waals surface area (Å²) in [5.41, 5.74) is 1.85. The van der Waals surface area contributed by atoms with E-state index in [1.54, 1.807) is 0 Å². The van der Waals surface area contributed by atoms with Gasteiger partial charge in [0.2, 0.25) is 0 Å². The molecule has 0 aromatic heterocycles. The Kier molecular flexibility index (Phi) is 6.25. The second-order valence-electron chi connectivity index (χ2n) is 7.29. The Bertz CT molecular complexity index is 999. The second kappa shape index (κ2) is 9.06. The summed E-state index contributed by atoms with van der Waals surface area (Å²) in [6, 6.07) is 22.0. The average Bonchev–Trinajstić information content (AvgIpc) is 2.76. The van der Waals surface area contributed by atoms with E-state index >= 15 is 0 Å². The van der Waals surface area contributed by atoms with E-state index in [-0.39, 0.29) is 6.04 Å². The first-order chi connectivity index (χ1) is 14.5. The van der Waals surface area contributed by atoms with E-state index in [1.807, 2.05) is 30.3 Å². The van der Waals surface area contributed by atoms with E-state index in [0.29, 0.717) is 26.2 Å². The molecule has 1 fully saturated rings. The van der Waals surface area contributed by atoms with Gasteiger partial charge in [-0.05, 0) is 35.4 Å². The number of hydrogen-bond donors (Lipinski definition) is 0. The lowest BCUT2D eigenvalue weighted by Gasteiger charge is -2.40. The highest BCUT2D eigenvalue weighted by molar-refractivity contribution is 9.10. The van der Waals surface area contributed by atoms with Crippen LogP contribution in [0, 0.1) is 11.6 Å². The van der Waals surface area contributed by atoms with Gasteiger partial charge in [-0.25, -0.2) is 8.78 Å². The molecule has 3 aromatic rings. The van der Waals surface area contributed by atoms with Gasteiger partial charge in [-0.15, -0.1) is 0 Å². The summed E-state index contributed by atoms with van der Waals surface area (Å²) in [5, 5.41) is 0. The number of rotatable bonds is 4. The molecular weight excluding hydrogens is 450 g/mol. The topological polar surface area (TPSA) is 23.6 Å². The normalized spacial score (nSPS) is 15.8. The lowest BCUT2D eigenvalue weighted by Crippen LogP contribution is -2.50. The van der Waals surface area contributed by atoms with Gasteiger partial charge >= 0.3 is 0 Å². The molecule has 1 aliphatic heterocycles. The molecule has 3 aromatic carbocycles. The fraction of sp³-hybridized carbons (Fsp3) is 0.208. The van der Waals surface area contributed by atoms with Crippen LogP contribution in [0.15, 0.2) is 77.3 Å². The molecule has 1 aliphatic rings. The van der Waals surface area contributed by atoms with Crippen molar-refractivity contribution in [3.8, 4) is 0 Å². The minimum Gasteiger partial charge on any atom is -0.336 e. The summed E-state index contributed by atoms with van der Waals surface area (Å²) in [6.45, 7) is 2.04. The number of benzene rings is 3. The fourth-order valence-electron chi connectivity index (χ4n) is 3.94. The molecular formula is C24H21BrF2N2O. The van der Waals surface area contributed by atoms with Crippen molar-refractivity contribution in [2.24, 2.45) is 0 Å². The Balaban J connectivity index is 1.54. The lowest BCUT2D eigenvalue weighted by molar-refractivity contribution is 0.0588. The summed E-state index contributed by atoms with van der Waals surface area (Å²) in [5.74, 6) is -2.23. The van der Waals surface area contributed by atoms with E-state index < -0.39 is 23.1 Å². The molecule has 3 nitrogen and oxygen atoms in total. The smallest absolute Gasteiger partial charge is 0.259 e. The minimum atomic E-state index is -0.820. The maximum atomic E-state index is 14.0. The Morgan fingerprint density at radius 2 is 1.33 bits per heavy atom. The first-order valence-corrected chi connectivity index (χ1v) is 10.6. The molecule has 0 N–H and O–H groups in total. The van der Waals surface area contributed by atoms with Gasteiger partial charge in [0.05, 0.1) is 6.04 Å². The first-order valence-electron chi connectivity index (χ1n) is 9.82. The van der Waals surface area contributed by atoms with Crippen molar-refractivity contribution in [3.05, 3.63) is 106 Å². The molecule has 1 atom stereocenters. The molecule has 0 bridgehead atoms. The SMILES string of the molecule is O=C(c1c(F)cccc1F)N1CCN(C(c2ccccc2)c2ccc(Br)cc2)CC1. The number of nitrogens with zero attached hydrogens (tertiary/aromatic N) is 2. The van der Waals surface area contributed by atoms with E-state index in [0.717, 1.165) is 22.2 Å². The highest BCUT2D eigenvalue weighted by Gasteiger charge is 2.30. The van der Waals surface area contributed by atoms with Crippen molar-refractivity contribution in [2.75, 3.05) is 26.2 Å². The van der Waals surface area contributed by atoms with Gasteiger partial charge in [-0.1, -0.05) is 64.5 Å². The van der Waals surface area contributed by atoms with Gasteiger partial charge in [0, 0.05) is 30.7 Å². The average molecular weight is 471 g/mol. The lowest BCUT2D eigenvalue weighted by atomic mass is 9.96. The molecule has 1 heterocycles. The molecule has 0 radical (unpaired) electrons. The zero-order valence-electron chi connectivity index (χ0n) is 16.3. The van der Waals surface area contributed by atoms with Gasteiger partial charge in [-0.3, -0.25) is 9.69 Å². The molecule has 1 unspecified atom stereocenters. The Morgan fingerprint density at radius 1 is 0.767 bits per heavy atom. The van der Waals surface area contributed by atoms with E-state index in [4.69, 9.17) is 0 Å². The van der Waals surface area contributed by atoms with E-state index in [1.165, 1.54) is 16.5 Å². The van der Waals surface area contributed by atoms with Crippen LogP contribution in [0.5, 0.6) is 0 Å².